The Morgan fingerprint density at radius 1 is 0.667 bits per heavy atom. The van der Waals surface area contributed by atoms with Crippen molar-refractivity contribution in [2.75, 3.05) is 75.6 Å². The van der Waals surface area contributed by atoms with Gasteiger partial charge in [0.05, 0.1) is 79.6 Å². The number of nitrogens with zero attached hydrogens (tertiary/aromatic N) is 6. The molecule has 5 fully saturated rings. The summed E-state index contributed by atoms with van der Waals surface area (Å²) in [6.07, 6.45) is 15.0. The third-order valence-electron chi connectivity index (χ3n) is 11.2. The molecule has 0 spiro atoms. The van der Waals surface area contributed by atoms with Gasteiger partial charge in [-0.25, -0.2) is 19.9 Å². The molecule has 2 aromatic carbocycles. The molecule has 54 heavy (non-hydrogen) atoms. The van der Waals surface area contributed by atoms with Gasteiger partial charge in [-0.15, -0.1) is 0 Å². The summed E-state index contributed by atoms with van der Waals surface area (Å²) in [6.45, 7) is 7.64. The first-order chi connectivity index (χ1) is 26.6. The smallest absolute Gasteiger partial charge is 0.228 e. The molecule has 3 aliphatic heterocycles. The number of benzene rings is 2. The Morgan fingerprint density at radius 3 is 1.61 bits per heavy atom. The number of nitrogens with two attached hydrogens (primary N) is 1. The zero-order valence-electron chi connectivity index (χ0n) is 30.9. The molecule has 0 bridgehead atoms. The summed E-state index contributed by atoms with van der Waals surface area (Å²) in [7, 11) is 0. The van der Waals surface area contributed by atoms with E-state index in [0.29, 0.717) is 19.3 Å². The number of aromatic nitrogens is 4. The topological polar surface area (TPSA) is 159 Å². The van der Waals surface area contributed by atoms with Crippen LogP contribution >= 0.6 is 0 Å². The van der Waals surface area contributed by atoms with E-state index >= 15 is 0 Å². The first kappa shape index (κ1) is 36.6. The second-order valence-electron chi connectivity index (χ2n) is 15.0. The summed E-state index contributed by atoms with van der Waals surface area (Å²) in [6, 6.07) is 9.02. The lowest BCUT2D eigenvalue weighted by molar-refractivity contribution is -0.139. The van der Waals surface area contributed by atoms with Gasteiger partial charge in [0.25, 0.3) is 0 Å². The maximum absolute atomic E-state index is 12.2. The maximum Gasteiger partial charge on any atom is 0.228 e. The average molecular weight is 741 g/mol. The molecule has 0 unspecified atom stereocenters. The van der Waals surface area contributed by atoms with E-state index in [1.165, 1.54) is 0 Å². The van der Waals surface area contributed by atoms with E-state index < -0.39 is 0 Å². The lowest BCUT2D eigenvalue weighted by atomic mass is 9.92. The van der Waals surface area contributed by atoms with E-state index in [9.17, 15) is 4.79 Å². The lowest BCUT2D eigenvalue weighted by Gasteiger charge is -2.33. The van der Waals surface area contributed by atoms with Crippen molar-refractivity contribution in [3.8, 4) is 11.5 Å². The van der Waals surface area contributed by atoms with Gasteiger partial charge in [-0.1, -0.05) is 0 Å². The Kier molecular flexibility index (Phi) is 11.8. The standard InChI is InChI=1S/C22H28N4O4.C18H24N4O2/c27-22(15-12-29-13-15)25-16-1-3-18(4-2-16)30-21-10-17(26-5-7-28-8-6-26)9-20-19(21)11-23-14-24-20;19-13-1-3-15(4-2-13)24-18-10-14(22-5-7-23-8-6-22)9-17-16(18)11-20-12-21-17/h9-11,14-16,18H,1-8,12-13H2,(H,25,27);9-13,15H,1-8,19H2. The van der Waals surface area contributed by atoms with Gasteiger partial charge in [-0.3, -0.25) is 4.79 Å². The number of hydrogen-bond donors (Lipinski definition) is 2. The second kappa shape index (κ2) is 17.4. The van der Waals surface area contributed by atoms with Gasteiger partial charge in [-0.2, -0.15) is 0 Å². The highest BCUT2D eigenvalue weighted by Crippen LogP contribution is 2.35. The molecule has 2 aliphatic carbocycles. The van der Waals surface area contributed by atoms with Crippen molar-refractivity contribution in [3.05, 3.63) is 49.3 Å². The minimum Gasteiger partial charge on any atom is -0.490 e. The minimum absolute atomic E-state index is 0.0354. The number of fused-ring (bicyclic) bond motifs is 2. The van der Waals surface area contributed by atoms with E-state index in [1.807, 2.05) is 12.4 Å². The van der Waals surface area contributed by atoms with Crippen LogP contribution < -0.4 is 30.3 Å². The Bertz CT molecular complexity index is 1850. The minimum atomic E-state index is 0.0354. The van der Waals surface area contributed by atoms with E-state index in [2.05, 4.69) is 59.3 Å². The van der Waals surface area contributed by atoms with Crippen molar-refractivity contribution in [3.63, 3.8) is 0 Å². The maximum atomic E-state index is 12.2. The third kappa shape index (κ3) is 8.94. The monoisotopic (exact) mass is 740 g/mol. The summed E-state index contributed by atoms with van der Waals surface area (Å²) in [5.41, 5.74) is 10.1. The fourth-order valence-corrected chi connectivity index (χ4v) is 7.88. The van der Waals surface area contributed by atoms with Gasteiger partial charge in [0, 0.05) is 74.2 Å². The largest absolute Gasteiger partial charge is 0.490 e. The zero-order chi connectivity index (χ0) is 36.7. The molecule has 3 N–H and O–H groups in total. The highest BCUT2D eigenvalue weighted by atomic mass is 16.5. The molecule has 288 valence electrons. The Balaban J connectivity index is 0.000000157. The molecule has 5 aliphatic rings. The first-order valence-corrected chi connectivity index (χ1v) is 19.7. The number of carbonyl (C=O) groups is 1. The number of morpholine rings is 2. The van der Waals surface area contributed by atoms with Crippen LogP contribution in [0.25, 0.3) is 21.8 Å². The molecule has 1 amide bonds. The normalized spacial score (nSPS) is 25.0. The third-order valence-corrected chi connectivity index (χ3v) is 11.2. The van der Waals surface area contributed by atoms with Crippen LogP contribution in [0.4, 0.5) is 11.4 Å². The van der Waals surface area contributed by atoms with Gasteiger partial charge in [-0.05, 0) is 63.5 Å². The average Bonchev–Trinajstić information content (AvgIpc) is 3.19. The van der Waals surface area contributed by atoms with Crippen molar-refractivity contribution in [2.45, 2.75) is 75.7 Å². The molecular formula is C40H52N8O6. The van der Waals surface area contributed by atoms with Crippen molar-refractivity contribution >= 4 is 39.1 Å². The van der Waals surface area contributed by atoms with Gasteiger partial charge in [0.2, 0.25) is 5.91 Å². The van der Waals surface area contributed by atoms with Crippen molar-refractivity contribution in [1.29, 1.82) is 0 Å². The molecule has 9 rings (SSSR count). The molecule has 2 saturated carbocycles. The fraction of sp³-hybridized carbons (Fsp3) is 0.575. The fourth-order valence-electron chi connectivity index (χ4n) is 7.88. The molecular weight excluding hydrogens is 688 g/mol. The van der Waals surface area contributed by atoms with Crippen LogP contribution in [0.3, 0.4) is 0 Å². The van der Waals surface area contributed by atoms with Crippen molar-refractivity contribution < 1.29 is 28.5 Å². The first-order valence-electron chi connectivity index (χ1n) is 19.7. The predicted octanol–water partition coefficient (Wildman–Crippen LogP) is 4.03. The molecule has 0 atom stereocenters. The molecule has 14 nitrogen and oxygen atoms in total. The highest BCUT2D eigenvalue weighted by molar-refractivity contribution is 5.89. The number of anilines is 2. The SMILES string of the molecule is NC1CCC(Oc2cc(N3CCOCC3)cc3ncncc23)CC1.O=C(NC1CCC(Oc2cc(N3CCOCC3)cc3ncncc23)CC1)C1COC1. The molecule has 3 saturated heterocycles. The summed E-state index contributed by atoms with van der Waals surface area (Å²) in [4.78, 5) is 34.1. The van der Waals surface area contributed by atoms with Crippen LogP contribution in [0.2, 0.25) is 0 Å². The highest BCUT2D eigenvalue weighted by Gasteiger charge is 2.30. The van der Waals surface area contributed by atoms with Crippen LogP contribution in [0.5, 0.6) is 11.5 Å². The van der Waals surface area contributed by atoms with Crippen LogP contribution in [0.1, 0.15) is 51.4 Å². The molecule has 4 aromatic rings. The summed E-state index contributed by atoms with van der Waals surface area (Å²) in [5.74, 6) is 1.89. The van der Waals surface area contributed by atoms with E-state index in [-0.39, 0.29) is 30.1 Å². The molecule has 5 heterocycles. The molecule has 14 heteroatoms. The van der Waals surface area contributed by atoms with E-state index in [0.717, 1.165) is 149 Å². The lowest BCUT2D eigenvalue weighted by Crippen LogP contribution is -2.47. The van der Waals surface area contributed by atoms with Crippen LogP contribution in [-0.2, 0) is 19.0 Å². The van der Waals surface area contributed by atoms with Crippen LogP contribution in [-0.4, -0.2) is 116 Å². The molecule has 0 radical (unpaired) electrons. The van der Waals surface area contributed by atoms with E-state index in [1.54, 1.807) is 12.7 Å². The quantitative estimate of drug-likeness (QED) is 0.267. The van der Waals surface area contributed by atoms with Gasteiger partial charge in [0.1, 0.15) is 24.2 Å². The number of carbonyl (C=O) groups excluding carboxylic acids is 1. The predicted molar refractivity (Wildman–Crippen MR) is 205 cm³/mol. The van der Waals surface area contributed by atoms with Crippen molar-refractivity contribution in [2.24, 2.45) is 11.7 Å². The van der Waals surface area contributed by atoms with Crippen molar-refractivity contribution in [1.82, 2.24) is 25.3 Å². The van der Waals surface area contributed by atoms with Gasteiger partial charge in [0.15, 0.2) is 0 Å². The number of nitrogens with one attached hydrogen (secondary N) is 1. The van der Waals surface area contributed by atoms with E-state index in [4.69, 9.17) is 29.4 Å². The van der Waals surface area contributed by atoms with Gasteiger partial charge >= 0.3 is 0 Å². The Morgan fingerprint density at radius 2 is 1.15 bits per heavy atom. The summed E-state index contributed by atoms with van der Waals surface area (Å²) < 4.78 is 28.9. The van der Waals surface area contributed by atoms with Gasteiger partial charge < -0.3 is 44.5 Å². The number of ether oxygens (including phenoxy) is 5. The van der Waals surface area contributed by atoms with Crippen LogP contribution in [0.15, 0.2) is 49.3 Å². The summed E-state index contributed by atoms with van der Waals surface area (Å²) in [5, 5.41) is 5.09. The Labute approximate surface area is 316 Å². The van der Waals surface area contributed by atoms with Crippen LogP contribution in [0, 0.1) is 5.92 Å². The number of rotatable bonds is 8. The second-order valence-corrected chi connectivity index (χ2v) is 15.0. The molecule has 2 aromatic heterocycles. The number of hydrogen-bond acceptors (Lipinski definition) is 13. The summed E-state index contributed by atoms with van der Waals surface area (Å²) >= 11 is 0. The Hall–Kier alpha value is -4.37. The number of amides is 1. The zero-order valence-corrected chi connectivity index (χ0v) is 30.9.